The summed E-state index contributed by atoms with van der Waals surface area (Å²) >= 11 is 0. The molecule has 1 N–H and O–H groups in total. The number of amides is 1. The molecule has 18 heavy (non-hydrogen) atoms. The topological polar surface area (TPSA) is 64.1 Å². The lowest BCUT2D eigenvalue weighted by Gasteiger charge is -2.07. The maximum absolute atomic E-state index is 12.0. The molecule has 2 rings (SSSR count). The van der Waals surface area contributed by atoms with Gasteiger partial charge in [0.15, 0.2) is 0 Å². The Bertz CT molecular complexity index is 569. The Balaban J connectivity index is 2.32. The normalized spacial score (nSPS) is 10.6. The fourth-order valence-electron chi connectivity index (χ4n) is 1.69. The van der Waals surface area contributed by atoms with Crippen LogP contribution in [0.5, 0.6) is 0 Å². The van der Waals surface area contributed by atoms with E-state index >= 15 is 0 Å². The summed E-state index contributed by atoms with van der Waals surface area (Å²) in [5, 5.41) is 3.65. The summed E-state index contributed by atoms with van der Waals surface area (Å²) in [7, 11) is 1.60. The van der Waals surface area contributed by atoms with Gasteiger partial charge in [0, 0.05) is 25.2 Å². The van der Waals surface area contributed by atoms with Gasteiger partial charge < -0.3 is 10.1 Å². The van der Waals surface area contributed by atoms with E-state index in [0.29, 0.717) is 30.1 Å². The molecule has 94 valence electrons. The SMILES string of the molecule is COCCNC(=O)c1cccc2cnc(C)nc12. The summed E-state index contributed by atoms with van der Waals surface area (Å²) in [4.78, 5) is 20.5. The van der Waals surface area contributed by atoms with Gasteiger partial charge in [0.2, 0.25) is 0 Å². The lowest BCUT2D eigenvalue weighted by molar-refractivity contribution is 0.0938. The van der Waals surface area contributed by atoms with E-state index in [-0.39, 0.29) is 5.91 Å². The first-order valence-corrected chi connectivity index (χ1v) is 5.72. The van der Waals surface area contributed by atoms with Crippen molar-refractivity contribution >= 4 is 16.8 Å². The molecule has 1 heterocycles. The number of carbonyl (C=O) groups excluding carboxylic acids is 1. The first-order valence-electron chi connectivity index (χ1n) is 5.72. The maximum atomic E-state index is 12.0. The molecule has 0 bridgehead atoms. The monoisotopic (exact) mass is 245 g/mol. The van der Waals surface area contributed by atoms with E-state index in [4.69, 9.17) is 4.74 Å². The molecule has 0 spiro atoms. The summed E-state index contributed by atoms with van der Waals surface area (Å²) in [6.45, 7) is 2.78. The molecule has 0 fully saturated rings. The molecule has 0 radical (unpaired) electrons. The van der Waals surface area contributed by atoms with Crippen molar-refractivity contribution in [1.82, 2.24) is 15.3 Å². The molecule has 0 saturated carbocycles. The molecule has 1 aromatic heterocycles. The minimum absolute atomic E-state index is 0.143. The lowest BCUT2D eigenvalue weighted by Crippen LogP contribution is -2.27. The Morgan fingerprint density at radius 1 is 1.44 bits per heavy atom. The van der Waals surface area contributed by atoms with Gasteiger partial charge in [-0.1, -0.05) is 12.1 Å². The van der Waals surface area contributed by atoms with Crippen LogP contribution in [-0.4, -0.2) is 36.1 Å². The van der Waals surface area contributed by atoms with Crippen molar-refractivity contribution in [2.45, 2.75) is 6.92 Å². The van der Waals surface area contributed by atoms with Crippen molar-refractivity contribution in [3.63, 3.8) is 0 Å². The van der Waals surface area contributed by atoms with E-state index in [9.17, 15) is 4.79 Å². The van der Waals surface area contributed by atoms with E-state index < -0.39 is 0 Å². The van der Waals surface area contributed by atoms with Crippen LogP contribution in [-0.2, 0) is 4.74 Å². The molecule has 0 atom stereocenters. The molecule has 0 saturated heterocycles. The number of fused-ring (bicyclic) bond motifs is 1. The first kappa shape index (κ1) is 12.4. The molecule has 1 aromatic carbocycles. The molecule has 2 aromatic rings. The number of aromatic nitrogens is 2. The Morgan fingerprint density at radius 3 is 3.06 bits per heavy atom. The number of para-hydroxylation sites is 1. The second-order valence-corrected chi connectivity index (χ2v) is 3.91. The highest BCUT2D eigenvalue weighted by Crippen LogP contribution is 2.15. The highest BCUT2D eigenvalue weighted by Gasteiger charge is 2.10. The van der Waals surface area contributed by atoms with E-state index in [1.165, 1.54) is 0 Å². The summed E-state index contributed by atoms with van der Waals surface area (Å²) in [6.07, 6.45) is 1.73. The molecule has 0 aliphatic carbocycles. The number of hydrogen-bond acceptors (Lipinski definition) is 4. The average molecular weight is 245 g/mol. The van der Waals surface area contributed by atoms with Crippen LogP contribution in [0.3, 0.4) is 0 Å². The zero-order valence-corrected chi connectivity index (χ0v) is 10.4. The van der Waals surface area contributed by atoms with Gasteiger partial charge in [-0.05, 0) is 13.0 Å². The molecular weight excluding hydrogens is 230 g/mol. The van der Waals surface area contributed by atoms with Crippen molar-refractivity contribution in [2.24, 2.45) is 0 Å². The summed E-state index contributed by atoms with van der Waals surface area (Å²) in [5.41, 5.74) is 1.24. The smallest absolute Gasteiger partial charge is 0.253 e. The Kier molecular flexibility index (Phi) is 3.84. The van der Waals surface area contributed by atoms with Crippen LogP contribution in [0.4, 0.5) is 0 Å². The van der Waals surface area contributed by atoms with Crippen molar-refractivity contribution in [2.75, 3.05) is 20.3 Å². The van der Waals surface area contributed by atoms with Gasteiger partial charge in [0.05, 0.1) is 17.7 Å². The predicted octanol–water partition coefficient (Wildman–Crippen LogP) is 1.31. The Labute approximate surface area is 105 Å². The standard InChI is InChI=1S/C13H15N3O2/c1-9-15-8-10-4-3-5-11(12(10)16-9)13(17)14-6-7-18-2/h3-5,8H,6-7H2,1-2H3,(H,14,17). The van der Waals surface area contributed by atoms with Crippen molar-refractivity contribution in [3.8, 4) is 0 Å². The fourth-order valence-corrected chi connectivity index (χ4v) is 1.69. The number of carbonyl (C=O) groups is 1. The van der Waals surface area contributed by atoms with Crippen molar-refractivity contribution in [1.29, 1.82) is 0 Å². The van der Waals surface area contributed by atoms with Crippen LogP contribution in [0.2, 0.25) is 0 Å². The van der Waals surface area contributed by atoms with Gasteiger partial charge in [-0.15, -0.1) is 0 Å². The summed E-state index contributed by atoms with van der Waals surface area (Å²) in [6, 6.07) is 5.48. The van der Waals surface area contributed by atoms with E-state index in [2.05, 4.69) is 15.3 Å². The number of benzene rings is 1. The minimum atomic E-state index is -0.143. The van der Waals surface area contributed by atoms with Gasteiger partial charge in [-0.25, -0.2) is 9.97 Å². The van der Waals surface area contributed by atoms with Gasteiger partial charge in [-0.2, -0.15) is 0 Å². The van der Waals surface area contributed by atoms with Gasteiger partial charge in [-0.3, -0.25) is 4.79 Å². The quantitative estimate of drug-likeness (QED) is 0.825. The zero-order chi connectivity index (χ0) is 13.0. The Morgan fingerprint density at radius 2 is 2.28 bits per heavy atom. The van der Waals surface area contributed by atoms with Crippen LogP contribution < -0.4 is 5.32 Å². The number of nitrogens with zero attached hydrogens (tertiary/aromatic N) is 2. The number of nitrogens with one attached hydrogen (secondary N) is 1. The summed E-state index contributed by atoms with van der Waals surface area (Å²) in [5.74, 6) is 0.510. The molecule has 5 heteroatoms. The predicted molar refractivity (Wildman–Crippen MR) is 68.5 cm³/mol. The maximum Gasteiger partial charge on any atom is 0.253 e. The molecule has 0 unspecified atom stereocenters. The minimum Gasteiger partial charge on any atom is -0.383 e. The average Bonchev–Trinajstić information content (AvgIpc) is 2.38. The zero-order valence-electron chi connectivity index (χ0n) is 10.4. The van der Waals surface area contributed by atoms with Crippen LogP contribution in [0.25, 0.3) is 10.9 Å². The second kappa shape index (κ2) is 5.55. The number of methoxy groups -OCH3 is 1. The van der Waals surface area contributed by atoms with Gasteiger partial charge in [0.25, 0.3) is 5.91 Å². The van der Waals surface area contributed by atoms with Crippen LogP contribution in [0.15, 0.2) is 24.4 Å². The number of hydrogen-bond donors (Lipinski definition) is 1. The number of ether oxygens (including phenoxy) is 1. The van der Waals surface area contributed by atoms with E-state index in [1.54, 1.807) is 26.3 Å². The molecule has 1 amide bonds. The second-order valence-electron chi connectivity index (χ2n) is 3.91. The highest BCUT2D eigenvalue weighted by atomic mass is 16.5. The fraction of sp³-hybridized carbons (Fsp3) is 0.308. The van der Waals surface area contributed by atoms with Crippen LogP contribution in [0.1, 0.15) is 16.2 Å². The molecule has 0 aliphatic heterocycles. The van der Waals surface area contributed by atoms with Crippen molar-refractivity contribution < 1.29 is 9.53 Å². The largest absolute Gasteiger partial charge is 0.383 e. The third kappa shape index (κ3) is 2.62. The first-order chi connectivity index (χ1) is 8.72. The van der Waals surface area contributed by atoms with E-state index in [1.807, 2.05) is 12.1 Å². The van der Waals surface area contributed by atoms with Crippen LogP contribution >= 0.6 is 0 Å². The van der Waals surface area contributed by atoms with E-state index in [0.717, 1.165) is 5.39 Å². The lowest BCUT2D eigenvalue weighted by atomic mass is 10.1. The number of aryl methyl sites for hydroxylation is 1. The molecule has 5 nitrogen and oxygen atoms in total. The number of rotatable bonds is 4. The van der Waals surface area contributed by atoms with Gasteiger partial charge >= 0.3 is 0 Å². The molecular formula is C13H15N3O2. The third-order valence-corrected chi connectivity index (χ3v) is 2.57. The van der Waals surface area contributed by atoms with Gasteiger partial charge in [0.1, 0.15) is 5.82 Å². The Hall–Kier alpha value is -2.01. The molecule has 0 aliphatic rings. The van der Waals surface area contributed by atoms with Crippen LogP contribution in [0, 0.1) is 6.92 Å². The van der Waals surface area contributed by atoms with Crippen molar-refractivity contribution in [3.05, 3.63) is 35.8 Å². The third-order valence-electron chi connectivity index (χ3n) is 2.57. The highest BCUT2D eigenvalue weighted by molar-refractivity contribution is 6.05. The summed E-state index contributed by atoms with van der Waals surface area (Å²) < 4.78 is 4.89.